The molecular formula is C7H13N. The first-order valence-corrected chi connectivity index (χ1v) is 3.38. The Morgan fingerprint density at radius 3 is 3.12 bits per heavy atom. The Kier molecular flexibility index (Phi) is 2.50. The van der Waals surface area contributed by atoms with Gasteiger partial charge >= 0.3 is 0 Å². The van der Waals surface area contributed by atoms with E-state index >= 15 is 0 Å². The molecule has 0 aromatic heterocycles. The third-order valence-corrected chi connectivity index (χ3v) is 1.43. The van der Waals surface area contributed by atoms with Crippen LogP contribution in [0.25, 0.3) is 0 Å². The molecule has 46 valence electrons. The average Bonchev–Trinajstić information content (AvgIpc) is 1.62. The zero-order valence-corrected chi connectivity index (χ0v) is 5.19. The van der Waals surface area contributed by atoms with Gasteiger partial charge in [-0.1, -0.05) is 12.5 Å². The Labute approximate surface area is 50.8 Å². The fourth-order valence-electron chi connectivity index (χ4n) is 0.916. The molecule has 0 aromatic rings. The third-order valence-electron chi connectivity index (χ3n) is 1.43. The highest BCUT2D eigenvalue weighted by Crippen LogP contribution is 2.01. The van der Waals surface area contributed by atoms with E-state index in [1.165, 1.54) is 25.7 Å². The first kappa shape index (κ1) is 5.67. The minimum absolute atomic E-state index is 1.16. The normalized spacial score (nSPS) is 25.0. The predicted molar refractivity (Wildman–Crippen MR) is 35.6 cm³/mol. The number of nitrogens with one attached hydrogen (secondary N) is 1. The van der Waals surface area contributed by atoms with Gasteiger partial charge in [0.2, 0.25) is 0 Å². The summed E-state index contributed by atoms with van der Waals surface area (Å²) in [4.78, 5) is 0. The van der Waals surface area contributed by atoms with E-state index in [9.17, 15) is 0 Å². The van der Waals surface area contributed by atoms with Gasteiger partial charge in [0.25, 0.3) is 0 Å². The summed E-state index contributed by atoms with van der Waals surface area (Å²) in [6, 6.07) is 0. The van der Waals surface area contributed by atoms with Crippen molar-refractivity contribution < 1.29 is 0 Å². The molecule has 1 heteroatoms. The van der Waals surface area contributed by atoms with Gasteiger partial charge in [-0.25, -0.2) is 0 Å². The zero-order chi connectivity index (χ0) is 5.66. The summed E-state index contributed by atoms with van der Waals surface area (Å²) in [6.07, 6.45) is 9.63. The van der Waals surface area contributed by atoms with Gasteiger partial charge < -0.3 is 5.32 Å². The van der Waals surface area contributed by atoms with Crippen LogP contribution in [0, 0.1) is 0 Å². The molecule has 1 N–H and O–H groups in total. The molecular weight excluding hydrogens is 98.1 g/mol. The fourth-order valence-corrected chi connectivity index (χ4v) is 0.916. The minimum atomic E-state index is 1.16. The minimum Gasteiger partial charge on any atom is -0.391 e. The summed E-state index contributed by atoms with van der Waals surface area (Å²) in [7, 11) is 0. The topological polar surface area (TPSA) is 12.0 Å². The summed E-state index contributed by atoms with van der Waals surface area (Å²) >= 11 is 0. The van der Waals surface area contributed by atoms with Crippen LogP contribution in [0.1, 0.15) is 25.7 Å². The molecule has 0 saturated carbocycles. The second kappa shape index (κ2) is 3.53. The average molecular weight is 111 g/mol. The molecule has 0 saturated heterocycles. The molecule has 0 bridgehead atoms. The largest absolute Gasteiger partial charge is 0.391 e. The van der Waals surface area contributed by atoms with Gasteiger partial charge in [0.15, 0.2) is 0 Å². The van der Waals surface area contributed by atoms with Crippen molar-refractivity contribution in [3.63, 3.8) is 0 Å². The fraction of sp³-hybridized carbons (Fsp3) is 0.714. The van der Waals surface area contributed by atoms with Crippen molar-refractivity contribution in [3.05, 3.63) is 12.3 Å². The Balaban J connectivity index is 2.17. The summed E-state index contributed by atoms with van der Waals surface area (Å²) < 4.78 is 0. The molecule has 1 heterocycles. The highest BCUT2D eigenvalue weighted by Gasteiger charge is 1.88. The van der Waals surface area contributed by atoms with Crippen LogP contribution in [0.15, 0.2) is 12.3 Å². The van der Waals surface area contributed by atoms with Crippen molar-refractivity contribution in [2.75, 3.05) is 6.54 Å². The first-order valence-electron chi connectivity index (χ1n) is 3.38. The van der Waals surface area contributed by atoms with E-state index in [1.807, 2.05) is 0 Å². The van der Waals surface area contributed by atoms with Crippen LogP contribution in [0.5, 0.6) is 0 Å². The van der Waals surface area contributed by atoms with Crippen molar-refractivity contribution in [1.29, 1.82) is 0 Å². The summed E-state index contributed by atoms with van der Waals surface area (Å²) in [5.41, 5.74) is 0. The van der Waals surface area contributed by atoms with E-state index in [-0.39, 0.29) is 0 Å². The Hall–Kier alpha value is -0.460. The molecule has 0 amide bonds. The van der Waals surface area contributed by atoms with Gasteiger partial charge in [-0.15, -0.1) is 0 Å². The van der Waals surface area contributed by atoms with E-state index in [0.29, 0.717) is 0 Å². The lowest BCUT2D eigenvalue weighted by Crippen LogP contribution is -2.07. The lowest BCUT2D eigenvalue weighted by molar-refractivity contribution is 0.643. The highest BCUT2D eigenvalue weighted by molar-refractivity contribution is 4.80. The van der Waals surface area contributed by atoms with Gasteiger partial charge in [0, 0.05) is 6.54 Å². The van der Waals surface area contributed by atoms with Crippen LogP contribution in [-0.4, -0.2) is 6.54 Å². The molecule has 1 aliphatic heterocycles. The van der Waals surface area contributed by atoms with E-state index in [4.69, 9.17) is 0 Å². The Morgan fingerprint density at radius 1 is 1.12 bits per heavy atom. The van der Waals surface area contributed by atoms with Crippen LogP contribution in [0.2, 0.25) is 0 Å². The Morgan fingerprint density at radius 2 is 2.12 bits per heavy atom. The lowest BCUT2D eigenvalue weighted by atomic mass is 10.2. The van der Waals surface area contributed by atoms with Crippen LogP contribution < -0.4 is 5.32 Å². The molecule has 1 aliphatic rings. The standard InChI is InChI=1S/C7H13N/c1-2-4-6-8-7-5-3-1/h4,6,8H,1-3,5,7H2/b6-4-. The second-order valence-corrected chi connectivity index (χ2v) is 2.21. The van der Waals surface area contributed by atoms with Crippen molar-refractivity contribution in [1.82, 2.24) is 5.32 Å². The third kappa shape index (κ3) is 2.01. The quantitative estimate of drug-likeness (QED) is 0.501. The van der Waals surface area contributed by atoms with Crippen LogP contribution in [-0.2, 0) is 0 Å². The van der Waals surface area contributed by atoms with Gasteiger partial charge in [-0.05, 0) is 25.5 Å². The lowest BCUT2D eigenvalue weighted by Gasteiger charge is -2.03. The van der Waals surface area contributed by atoms with Gasteiger partial charge in [-0.2, -0.15) is 0 Å². The molecule has 0 fully saturated rings. The highest BCUT2D eigenvalue weighted by atomic mass is 14.8. The maximum atomic E-state index is 3.21. The Bertz CT molecular complexity index is 66.5. The van der Waals surface area contributed by atoms with E-state index < -0.39 is 0 Å². The zero-order valence-electron chi connectivity index (χ0n) is 5.19. The van der Waals surface area contributed by atoms with Gasteiger partial charge in [0.05, 0.1) is 0 Å². The van der Waals surface area contributed by atoms with Crippen molar-refractivity contribution in [2.24, 2.45) is 0 Å². The number of allylic oxidation sites excluding steroid dienone is 1. The van der Waals surface area contributed by atoms with E-state index in [2.05, 4.69) is 17.6 Å². The van der Waals surface area contributed by atoms with Crippen LogP contribution in [0.3, 0.4) is 0 Å². The van der Waals surface area contributed by atoms with Crippen LogP contribution in [0.4, 0.5) is 0 Å². The molecule has 0 unspecified atom stereocenters. The number of rotatable bonds is 0. The molecule has 0 spiro atoms. The van der Waals surface area contributed by atoms with E-state index in [1.54, 1.807) is 0 Å². The van der Waals surface area contributed by atoms with Crippen molar-refractivity contribution >= 4 is 0 Å². The van der Waals surface area contributed by atoms with Crippen molar-refractivity contribution in [3.8, 4) is 0 Å². The number of hydrogen-bond donors (Lipinski definition) is 1. The monoisotopic (exact) mass is 111 g/mol. The molecule has 1 nitrogen and oxygen atoms in total. The van der Waals surface area contributed by atoms with Crippen molar-refractivity contribution in [2.45, 2.75) is 25.7 Å². The molecule has 8 heavy (non-hydrogen) atoms. The molecule has 0 aliphatic carbocycles. The maximum Gasteiger partial charge on any atom is 0.0141 e. The summed E-state index contributed by atoms with van der Waals surface area (Å²) in [6.45, 7) is 1.16. The molecule has 1 rings (SSSR count). The molecule has 0 atom stereocenters. The van der Waals surface area contributed by atoms with Gasteiger partial charge in [-0.3, -0.25) is 0 Å². The SMILES string of the molecule is C1=C\NCCCCC/1. The maximum absolute atomic E-state index is 3.21. The number of hydrogen-bond acceptors (Lipinski definition) is 1. The predicted octanol–water partition coefficient (Wildman–Crippen LogP) is 1.66. The van der Waals surface area contributed by atoms with Gasteiger partial charge in [0.1, 0.15) is 0 Å². The second-order valence-electron chi connectivity index (χ2n) is 2.21. The summed E-state index contributed by atoms with van der Waals surface area (Å²) in [5, 5.41) is 3.21. The summed E-state index contributed by atoms with van der Waals surface area (Å²) in [5.74, 6) is 0. The van der Waals surface area contributed by atoms with Crippen LogP contribution >= 0.6 is 0 Å². The first-order chi connectivity index (χ1) is 4.00. The van der Waals surface area contributed by atoms with E-state index in [0.717, 1.165) is 6.54 Å². The molecule has 0 aromatic carbocycles. The smallest absolute Gasteiger partial charge is 0.0141 e. The molecule has 0 radical (unpaired) electrons.